The third kappa shape index (κ3) is 5.79. The number of ether oxygens (including phenoxy) is 1. The summed E-state index contributed by atoms with van der Waals surface area (Å²) in [4.78, 5) is 28.3. The second kappa shape index (κ2) is 9.54. The largest absolute Gasteiger partial charge is 0.484 e. The summed E-state index contributed by atoms with van der Waals surface area (Å²) in [5, 5.41) is 0. The third-order valence-corrected chi connectivity index (χ3v) is 5.34. The summed E-state index contributed by atoms with van der Waals surface area (Å²) in [7, 11) is 0. The lowest BCUT2D eigenvalue weighted by Crippen LogP contribution is -2.51. The summed E-state index contributed by atoms with van der Waals surface area (Å²) < 4.78 is 18.9. The van der Waals surface area contributed by atoms with Crippen molar-refractivity contribution in [3.8, 4) is 5.75 Å². The van der Waals surface area contributed by atoms with Crippen molar-refractivity contribution in [1.29, 1.82) is 0 Å². The summed E-state index contributed by atoms with van der Waals surface area (Å²) in [6, 6.07) is 12.1. The van der Waals surface area contributed by atoms with Gasteiger partial charge in [-0.15, -0.1) is 0 Å². The van der Waals surface area contributed by atoms with E-state index in [1.54, 1.807) is 15.9 Å². The first-order chi connectivity index (χ1) is 13.9. The molecule has 0 aliphatic carbocycles. The summed E-state index contributed by atoms with van der Waals surface area (Å²) in [6.45, 7) is 6.06. The van der Waals surface area contributed by atoms with Crippen molar-refractivity contribution < 1.29 is 18.7 Å². The smallest absolute Gasteiger partial charge is 0.260 e. The van der Waals surface area contributed by atoms with Gasteiger partial charge in [-0.1, -0.05) is 18.2 Å². The van der Waals surface area contributed by atoms with Gasteiger partial charge in [0.05, 0.1) is 0 Å². The van der Waals surface area contributed by atoms with E-state index in [0.717, 1.165) is 11.1 Å². The van der Waals surface area contributed by atoms with Crippen LogP contribution in [0.3, 0.4) is 0 Å². The van der Waals surface area contributed by atoms with Crippen LogP contribution in [-0.2, 0) is 16.0 Å². The molecule has 3 rings (SSSR count). The van der Waals surface area contributed by atoms with Crippen LogP contribution < -0.4 is 4.74 Å². The molecular formula is C23H27FN2O3. The first-order valence-electron chi connectivity index (χ1n) is 9.92. The molecular weight excluding hydrogens is 371 g/mol. The molecule has 0 spiro atoms. The van der Waals surface area contributed by atoms with E-state index in [0.29, 0.717) is 44.8 Å². The van der Waals surface area contributed by atoms with Gasteiger partial charge in [-0.2, -0.15) is 0 Å². The molecule has 1 fully saturated rings. The maximum atomic E-state index is 13.2. The Hall–Kier alpha value is -2.89. The molecule has 154 valence electrons. The zero-order valence-electron chi connectivity index (χ0n) is 17.0. The summed E-state index contributed by atoms with van der Waals surface area (Å²) in [5.41, 5.74) is 3.12. The van der Waals surface area contributed by atoms with Gasteiger partial charge in [0, 0.05) is 32.6 Å². The van der Waals surface area contributed by atoms with E-state index in [-0.39, 0.29) is 24.2 Å². The molecule has 0 aromatic heterocycles. The van der Waals surface area contributed by atoms with E-state index in [4.69, 9.17) is 4.74 Å². The lowest BCUT2D eigenvalue weighted by Gasteiger charge is -2.34. The number of halogens is 1. The molecule has 0 bridgehead atoms. The molecule has 2 amide bonds. The highest BCUT2D eigenvalue weighted by Crippen LogP contribution is 2.16. The van der Waals surface area contributed by atoms with Crippen molar-refractivity contribution in [2.45, 2.75) is 26.7 Å². The molecule has 0 N–H and O–H groups in total. The number of rotatable bonds is 6. The van der Waals surface area contributed by atoms with Gasteiger partial charge in [-0.3, -0.25) is 9.59 Å². The number of benzene rings is 2. The Kier molecular flexibility index (Phi) is 6.86. The normalized spacial score (nSPS) is 14.0. The number of carbonyl (C=O) groups is 2. The highest BCUT2D eigenvalue weighted by Gasteiger charge is 2.24. The molecule has 29 heavy (non-hydrogen) atoms. The molecule has 6 heteroatoms. The van der Waals surface area contributed by atoms with E-state index in [1.807, 2.05) is 38.1 Å². The highest BCUT2D eigenvalue weighted by atomic mass is 19.1. The fourth-order valence-corrected chi connectivity index (χ4v) is 3.35. The van der Waals surface area contributed by atoms with Crippen LogP contribution in [0.1, 0.15) is 23.1 Å². The predicted octanol–water partition coefficient (Wildman–Crippen LogP) is 3.12. The quantitative estimate of drug-likeness (QED) is 0.751. The molecule has 1 saturated heterocycles. The molecule has 0 saturated carbocycles. The summed E-state index contributed by atoms with van der Waals surface area (Å²) in [6.07, 6.45) is 0.854. The van der Waals surface area contributed by atoms with E-state index in [1.165, 1.54) is 17.7 Å². The molecule has 2 aromatic carbocycles. The minimum atomic E-state index is -0.287. The number of amides is 2. The van der Waals surface area contributed by atoms with Gasteiger partial charge in [0.1, 0.15) is 11.6 Å². The van der Waals surface area contributed by atoms with Gasteiger partial charge < -0.3 is 14.5 Å². The van der Waals surface area contributed by atoms with Gasteiger partial charge in [-0.25, -0.2) is 4.39 Å². The zero-order valence-corrected chi connectivity index (χ0v) is 17.0. The molecule has 0 atom stereocenters. The van der Waals surface area contributed by atoms with Gasteiger partial charge in [-0.05, 0) is 61.2 Å². The molecule has 0 unspecified atom stereocenters. The molecule has 5 nitrogen and oxygen atoms in total. The average Bonchev–Trinajstić information content (AvgIpc) is 2.73. The molecule has 2 aromatic rings. The van der Waals surface area contributed by atoms with Gasteiger partial charge in [0.15, 0.2) is 6.61 Å². The van der Waals surface area contributed by atoms with Crippen LogP contribution in [0.15, 0.2) is 42.5 Å². The van der Waals surface area contributed by atoms with Gasteiger partial charge in [0.25, 0.3) is 5.91 Å². The van der Waals surface area contributed by atoms with Crippen molar-refractivity contribution in [2.75, 3.05) is 32.8 Å². The van der Waals surface area contributed by atoms with Crippen LogP contribution in [-0.4, -0.2) is 54.4 Å². The van der Waals surface area contributed by atoms with Crippen LogP contribution in [0, 0.1) is 19.7 Å². The Bertz CT molecular complexity index is 876. The lowest BCUT2D eigenvalue weighted by atomic mass is 10.1. The average molecular weight is 398 g/mol. The third-order valence-electron chi connectivity index (χ3n) is 5.34. The minimum absolute atomic E-state index is 0.00395. The first kappa shape index (κ1) is 20.8. The Morgan fingerprint density at radius 2 is 1.62 bits per heavy atom. The van der Waals surface area contributed by atoms with E-state index in [9.17, 15) is 14.0 Å². The number of piperazine rings is 1. The van der Waals surface area contributed by atoms with Crippen LogP contribution in [0.5, 0.6) is 5.75 Å². The number of hydrogen-bond acceptors (Lipinski definition) is 3. The van der Waals surface area contributed by atoms with Crippen LogP contribution >= 0.6 is 0 Å². The van der Waals surface area contributed by atoms with E-state index in [2.05, 4.69) is 0 Å². The van der Waals surface area contributed by atoms with Crippen molar-refractivity contribution in [3.63, 3.8) is 0 Å². The number of nitrogens with zero attached hydrogens (tertiary/aromatic N) is 2. The minimum Gasteiger partial charge on any atom is -0.484 e. The van der Waals surface area contributed by atoms with Gasteiger partial charge >= 0.3 is 0 Å². The van der Waals surface area contributed by atoms with Crippen LogP contribution in [0.4, 0.5) is 4.39 Å². The number of aryl methyl sites for hydroxylation is 3. The standard InChI is InChI=1S/C23H27FN2O3/c1-17-6-8-21(14-18(17)2)29-16-23(28)26-12-10-25(11-13-26)22(27)9-7-19-4-3-5-20(24)15-19/h3-6,8,14-15H,7,9-13,16H2,1-2H3. The van der Waals surface area contributed by atoms with E-state index >= 15 is 0 Å². The Balaban J connectivity index is 1.41. The zero-order chi connectivity index (χ0) is 20.8. The highest BCUT2D eigenvalue weighted by molar-refractivity contribution is 5.79. The lowest BCUT2D eigenvalue weighted by molar-refractivity contribution is -0.140. The van der Waals surface area contributed by atoms with Crippen LogP contribution in [0.2, 0.25) is 0 Å². The molecule has 1 aliphatic rings. The van der Waals surface area contributed by atoms with Crippen LogP contribution in [0.25, 0.3) is 0 Å². The topological polar surface area (TPSA) is 49.9 Å². The maximum Gasteiger partial charge on any atom is 0.260 e. The second-order valence-corrected chi connectivity index (χ2v) is 7.43. The molecule has 1 aliphatic heterocycles. The monoisotopic (exact) mass is 398 g/mol. The van der Waals surface area contributed by atoms with Crippen molar-refractivity contribution in [1.82, 2.24) is 9.80 Å². The molecule has 0 radical (unpaired) electrons. The fourth-order valence-electron chi connectivity index (χ4n) is 3.35. The summed E-state index contributed by atoms with van der Waals surface area (Å²) >= 11 is 0. The Morgan fingerprint density at radius 3 is 2.28 bits per heavy atom. The Morgan fingerprint density at radius 1 is 0.931 bits per heavy atom. The number of hydrogen-bond donors (Lipinski definition) is 0. The fraction of sp³-hybridized carbons (Fsp3) is 0.391. The SMILES string of the molecule is Cc1ccc(OCC(=O)N2CCN(C(=O)CCc3cccc(F)c3)CC2)cc1C. The van der Waals surface area contributed by atoms with Crippen molar-refractivity contribution >= 4 is 11.8 Å². The number of carbonyl (C=O) groups excluding carboxylic acids is 2. The van der Waals surface area contributed by atoms with Crippen molar-refractivity contribution in [2.24, 2.45) is 0 Å². The maximum absolute atomic E-state index is 13.2. The first-order valence-corrected chi connectivity index (χ1v) is 9.92. The van der Waals surface area contributed by atoms with E-state index < -0.39 is 0 Å². The molecule has 1 heterocycles. The second-order valence-electron chi connectivity index (χ2n) is 7.43. The van der Waals surface area contributed by atoms with Gasteiger partial charge in [0.2, 0.25) is 5.91 Å². The Labute approximate surface area is 171 Å². The summed E-state index contributed by atoms with van der Waals surface area (Å²) in [5.74, 6) is 0.362. The van der Waals surface area contributed by atoms with Crippen molar-refractivity contribution in [3.05, 3.63) is 65.0 Å². The predicted molar refractivity (Wildman–Crippen MR) is 109 cm³/mol.